The first-order valence-electron chi connectivity index (χ1n) is 3.78. The van der Waals surface area contributed by atoms with E-state index >= 15 is 0 Å². The normalized spacial score (nSPS) is 9.77. The fourth-order valence-electron chi connectivity index (χ4n) is 0.923. The lowest BCUT2D eigenvalue weighted by molar-refractivity contribution is -0.119. The van der Waals surface area contributed by atoms with E-state index in [0.29, 0.717) is 5.56 Å². The molecule has 0 radical (unpaired) electrons. The molecule has 0 saturated carbocycles. The fraction of sp³-hybridized carbons (Fsp3) is 0.222. The molecule has 1 aromatic rings. The van der Waals surface area contributed by atoms with Crippen molar-refractivity contribution in [3.63, 3.8) is 0 Å². The number of hydrogen-bond acceptors (Lipinski definition) is 1. The molecule has 0 atom stereocenters. The van der Waals surface area contributed by atoms with E-state index in [-0.39, 0.29) is 17.4 Å². The molecule has 1 N–H and O–H groups in total. The van der Waals surface area contributed by atoms with Gasteiger partial charge in [-0.3, -0.25) is 4.79 Å². The van der Waals surface area contributed by atoms with E-state index in [1.165, 1.54) is 18.2 Å². The van der Waals surface area contributed by atoms with E-state index in [1.807, 2.05) is 0 Å². The monoisotopic (exact) mass is 201 g/mol. The van der Waals surface area contributed by atoms with Gasteiger partial charge in [-0.05, 0) is 17.7 Å². The molecule has 0 heterocycles. The molecule has 0 spiro atoms. The molecular weight excluding hydrogens is 193 g/mol. The summed E-state index contributed by atoms with van der Waals surface area (Å²) in [7, 11) is 1.55. The summed E-state index contributed by atoms with van der Waals surface area (Å²) in [6.45, 7) is 0. The summed E-state index contributed by atoms with van der Waals surface area (Å²) < 4.78 is 12.7. The lowest BCUT2D eigenvalue weighted by Gasteiger charge is -2.01. The maximum atomic E-state index is 12.7. The van der Waals surface area contributed by atoms with Crippen LogP contribution < -0.4 is 5.32 Å². The van der Waals surface area contributed by atoms with Crippen molar-refractivity contribution in [2.75, 3.05) is 7.05 Å². The van der Waals surface area contributed by atoms with E-state index in [9.17, 15) is 9.18 Å². The van der Waals surface area contributed by atoms with Gasteiger partial charge in [0.15, 0.2) is 0 Å². The van der Waals surface area contributed by atoms with Crippen LogP contribution in [0, 0.1) is 5.82 Å². The van der Waals surface area contributed by atoms with Crippen molar-refractivity contribution in [1.82, 2.24) is 5.32 Å². The van der Waals surface area contributed by atoms with E-state index in [2.05, 4.69) is 5.32 Å². The Morgan fingerprint density at radius 1 is 1.62 bits per heavy atom. The number of rotatable bonds is 2. The van der Waals surface area contributed by atoms with Crippen molar-refractivity contribution >= 4 is 17.5 Å². The van der Waals surface area contributed by atoms with Gasteiger partial charge < -0.3 is 5.32 Å². The molecule has 0 bridgehead atoms. The van der Waals surface area contributed by atoms with Crippen LogP contribution in [0.15, 0.2) is 18.2 Å². The number of benzene rings is 1. The van der Waals surface area contributed by atoms with Crippen LogP contribution in [0.5, 0.6) is 0 Å². The minimum absolute atomic E-state index is 0.0430. The second-order valence-corrected chi connectivity index (χ2v) is 3.01. The molecular formula is C9H9ClFNO. The highest BCUT2D eigenvalue weighted by Gasteiger charge is 2.04. The quantitative estimate of drug-likeness (QED) is 0.777. The molecule has 0 aliphatic rings. The van der Waals surface area contributed by atoms with Gasteiger partial charge in [-0.15, -0.1) is 0 Å². The van der Waals surface area contributed by atoms with Crippen molar-refractivity contribution in [3.05, 3.63) is 34.6 Å². The first kappa shape index (κ1) is 9.99. The first-order chi connectivity index (χ1) is 6.13. The molecule has 0 saturated heterocycles. The Hall–Kier alpha value is -1.09. The van der Waals surface area contributed by atoms with Crippen LogP contribution in [0.3, 0.4) is 0 Å². The number of hydrogen-bond donors (Lipinski definition) is 1. The third-order valence-electron chi connectivity index (χ3n) is 1.63. The number of nitrogens with one attached hydrogen (secondary N) is 1. The van der Waals surface area contributed by atoms with Gasteiger partial charge in [0.1, 0.15) is 5.82 Å². The maximum absolute atomic E-state index is 12.7. The van der Waals surface area contributed by atoms with Gasteiger partial charge >= 0.3 is 0 Å². The Balaban J connectivity index is 2.79. The summed E-state index contributed by atoms with van der Waals surface area (Å²) in [5.41, 5.74) is 0.700. The van der Waals surface area contributed by atoms with Crippen LogP contribution in [0.2, 0.25) is 5.02 Å². The Morgan fingerprint density at radius 2 is 2.31 bits per heavy atom. The summed E-state index contributed by atoms with van der Waals surface area (Å²) in [5, 5.41) is 2.51. The molecule has 0 fully saturated rings. The Bertz CT molecular complexity index is 327. The van der Waals surface area contributed by atoms with E-state index < -0.39 is 5.82 Å². The standard InChI is InChI=1S/C9H9ClFNO/c1-12-9(13)5-6-2-3-8(11)7(10)4-6/h2-4H,5H2,1H3,(H,12,13). The number of likely N-dealkylation sites (N-methyl/N-ethyl adjacent to an activating group) is 1. The topological polar surface area (TPSA) is 29.1 Å². The lowest BCUT2D eigenvalue weighted by Crippen LogP contribution is -2.19. The van der Waals surface area contributed by atoms with Crippen molar-refractivity contribution in [1.29, 1.82) is 0 Å². The largest absolute Gasteiger partial charge is 0.359 e. The average molecular weight is 202 g/mol. The molecule has 0 aromatic heterocycles. The number of carbonyl (C=O) groups excluding carboxylic acids is 1. The third-order valence-corrected chi connectivity index (χ3v) is 1.92. The van der Waals surface area contributed by atoms with Gasteiger partial charge in [0.05, 0.1) is 11.4 Å². The van der Waals surface area contributed by atoms with Crippen LogP contribution in [0.4, 0.5) is 4.39 Å². The molecule has 2 nitrogen and oxygen atoms in total. The summed E-state index contributed by atoms with van der Waals surface area (Å²) in [6, 6.07) is 4.24. The molecule has 0 aliphatic heterocycles. The summed E-state index contributed by atoms with van der Waals surface area (Å²) in [6.07, 6.45) is 0.219. The number of amides is 1. The predicted octanol–water partition coefficient (Wildman–Crippen LogP) is 1.77. The molecule has 0 aliphatic carbocycles. The SMILES string of the molecule is CNC(=O)Cc1ccc(F)c(Cl)c1. The number of carbonyl (C=O) groups is 1. The van der Waals surface area contributed by atoms with Crippen molar-refractivity contribution in [2.45, 2.75) is 6.42 Å². The van der Waals surface area contributed by atoms with Crippen LogP contribution in [0.1, 0.15) is 5.56 Å². The first-order valence-corrected chi connectivity index (χ1v) is 4.16. The maximum Gasteiger partial charge on any atom is 0.224 e. The van der Waals surface area contributed by atoms with Gasteiger partial charge in [-0.2, -0.15) is 0 Å². The van der Waals surface area contributed by atoms with Crippen molar-refractivity contribution < 1.29 is 9.18 Å². The Labute approximate surface area is 80.7 Å². The number of halogens is 2. The van der Waals surface area contributed by atoms with Gasteiger partial charge in [-0.1, -0.05) is 17.7 Å². The summed E-state index contributed by atoms with van der Waals surface area (Å²) in [4.78, 5) is 10.9. The van der Waals surface area contributed by atoms with Gasteiger partial charge in [0, 0.05) is 7.05 Å². The smallest absolute Gasteiger partial charge is 0.224 e. The second kappa shape index (κ2) is 4.23. The van der Waals surface area contributed by atoms with E-state index in [0.717, 1.165) is 0 Å². The predicted molar refractivity (Wildman–Crippen MR) is 49.2 cm³/mol. The minimum atomic E-state index is -0.470. The highest BCUT2D eigenvalue weighted by molar-refractivity contribution is 6.30. The van der Waals surface area contributed by atoms with Gasteiger partial charge in [0.2, 0.25) is 5.91 Å². The van der Waals surface area contributed by atoms with Crippen LogP contribution in [-0.2, 0) is 11.2 Å². The van der Waals surface area contributed by atoms with Gasteiger partial charge in [0.25, 0.3) is 0 Å². The molecule has 13 heavy (non-hydrogen) atoms. The van der Waals surface area contributed by atoms with Crippen LogP contribution in [-0.4, -0.2) is 13.0 Å². The molecule has 4 heteroatoms. The van der Waals surface area contributed by atoms with Crippen molar-refractivity contribution in [2.24, 2.45) is 0 Å². The second-order valence-electron chi connectivity index (χ2n) is 2.60. The van der Waals surface area contributed by atoms with E-state index in [1.54, 1.807) is 7.05 Å². The Kier molecular flexibility index (Phi) is 3.25. The molecule has 1 aromatic carbocycles. The zero-order chi connectivity index (χ0) is 9.84. The van der Waals surface area contributed by atoms with Crippen LogP contribution >= 0.6 is 11.6 Å². The van der Waals surface area contributed by atoms with Crippen LogP contribution in [0.25, 0.3) is 0 Å². The average Bonchev–Trinajstić information content (AvgIpc) is 2.11. The van der Waals surface area contributed by atoms with Crippen molar-refractivity contribution in [3.8, 4) is 0 Å². The highest BCUT2D eigenvalue weighted by atomic mass is 35.5. The lowest BCUT2D eigenvalue weighted by atomic mass is 10.1. The molecule has 0 unspecified atom stereocenters. The molecule has 70 valence electrons. The zero-order valence-electron chi connectivity index (χ0n) is 7.10. The highest BCUT2D eigenvalue weighted by Crippen LogP contribution is 2.16. The van der Waals surface area contributed by atoms with Gasteiger partial charge in [-0.25, -0.2) is 4.39 Å². The zero-order valence-corrected chi connectivity index (χ0v) is 7.86. The molecule has 1 rings (SSSR count). The summed E-state index contributed by atoms with van der Waals surface area (Å²) in [5.74, 6) is -0.593. The summed E-state index contributed by atoms with van der Waals surface area (Å²) >= 11 is 5.53. The third kappa shape index (κ3) is 2.70. The Morgan fingerprint density at radius 3 is 2.85 bits per heavy atom. The fourth-order valence-corrected chi connectivity index (χ4v) is 1.13. The molecule has 1 amide bonds. The minimum Gasteiger partial charge on any atom is -0.359 e. The van der Waals surface area contributed by atoms with E-state index in [4.69, 9.17) is 11.6 Å².